The molecule has 0 aliphatic carbocycles. The Labute approximate surface area is 174 Å². The Balaban J connectivity index is 1.46. The van der Waals surface area contributed by atoms with Crippen molar-refractivity contribution >= 4 is 23.2 Å². The number of thiazole rings is 1. The van der Waals surface area contributed by atoms with Crippen molar-refractivity contribution in [2.75, 3.05) is 6.54 Å². The lowest BCUT2D eigenvalue weighted by Gasteiger charge is -2.19. The van der Waals surface area contributed by atoms with Crippen molar-refractivity contribution in [1.29, 1.82) is 0 Å². The quantitative estimate of drug-likeness (QED) is 0.606. The molecule has 0 aliphatic rings. The Morgan fingerprint density at radius 3 is 2.38 bits per heavy atom. The summed E-state index contributed by atoms with van der Waals surface area (Å²) in [4.78, 5) is 28.6. The zero-order valence-electron chi connectivity index (χ0n) is 16.8. The molecule has 0 aliphatic heterocycles. The molecule has 0 atom stereocenters. The van der Waals surface area contributed by atoms with Gasteiger partial charge in [-0.3, -0.25) is 9.59 Å². The van der Waals surface area contributed by atoms with E-state index < -0.39 is 5.97 Å². The first-order valence-electron chi connectivity index (χ1n) is 9.37. The van der Waals surface area contributed by atoms with Gasteiger partial charge in [0.2, 0.25) is 0 Å². The molecule has 1 N–H and O–H groups in total. The van der Waals surface area contributed by atoms with Gasteiger partial charge in [-0.1, -0.05) is 63.2 Å². The number of hydrogen-bond acceptors (Lipinski definition) is 5. The van der Waals surface area contributed by atoms with Crippen molar-refractivity contribution in [2.24, 2.45) is 0 Å². The summed E-state index contributed by atoms with van der Waals surface area (Å²) in [6.07, 6.45) is 0. The van der Waals surface area contributed by atoms with Gasteiger partial charge >= 0.3 is 5.97 Å². The number of rotatable bonds is 6. The van der Waals surface area contributed by atoms with Gasteiger partial charge < -0.3 is 10.1 Å². The highest BCUT2D eigenvalue weighted by Gasteiger charge is 2.15. The molecular formula is C23H24N2O3S. The molecule has 1 heterocycles. The number of amides is 1. The fraction of sp³-hybridized carbons (Fsp3) is 0.261. The van der Waals surface area contributed by atoms with Gasteiger partial charge in [-0.05, 0) is 23.1 Å². The van der Waals surface area contributed by atoms with Crippen molar-refractivity contribution in [3.8, 4) is 10.6 Å². The molecule has 2 aromatic carbocycles. The van der Waals surface area contributed by atoms with Crippen LogP contribution in [0.25, 0.3) is 10.6 Å². The SMILES string of the molecule is CC(C)(C)c1ccc(C(=O)NCC(=O)OCc2csc(-c3ccccc3)n2)cc1. The highest BCUT2D eigenvalue weighted by Crippen LogP contribution is 2.24. The third-order valence-corrected chi connectivity index (χ3v) is 5.30. The number of nitrogens with zero attached hydrogens (tertiary/aromatic N) is 1. The lowest BCUT2D eigenvalue weighted by atomic mass is 9.87. The summed E-state index contributed by atoms with van der Waals surface area (Å²) in [5.41, 5.74) is 3.39. The molecule has 0 saturated heterocycles. The summed E-state index contributed by atoms with van der Waals surface area (Å²) in [6.45, 7) is 6.24. The van der Waals surface area contributed by atoms with Crippen LogP contribution in [0, 0.1) is 0 Å². The summed E-state index contributed by atoms with van der Waals surface area (Å²) in [5.74, 6) is -0.804. The van der Waals surface area contributed by atoms with Gasteiger partial charge in [0.05, 0.1) is 5.69 Å². The molecule has 6 heteroatoms. The van der Waals surface area contributed by atoms with Crippen molar-refractivity contribution in [2.45, 2.75) is 32.8 Å². The van der Waals surface area contributed by atoms with Gasteiger partial charge in [0.1, 0.15) is 18.2 Å². The minimum atomic E-state index is -0.501. The molecule has 0 radical (unpaired) electrons. The van der Waals surface area contributed by atoms with Crippen LogP contribution in [0.3, 0.4) is 0 Å². The van der Waals surface area contributed by atoms with E-state index in [4.69, 9.17) is 4.74 Å². The Hall–Kier alpha value is -2.99. The monoisotopic (exact) mass is 408 g/mol. The van der Waals surface area contributed by atoms with Gasteiger partial charge in [-0.15, -0.1) is 11.3 Å². The maximum absolute atomic E-state index is 12.2. The number of aromatic nitrogens is 1. The maximum Gasteiger partial charge on any atom is 0.325 e. The van der Waals surface area contributed by atoms with Crippen LogP contribution < -0.4 is 5.32 Å². The zero-order chi connectivity index (χ0) is 20.9. The third-order valence-electron chi connectivity index (χ3n) is 4.36. The minimum absolute atomic E-state index is 0.0227. The number of ether oxygens (including phenoxy) is 1. The van der Waals surface area contributed by atoms with E-state index in [-0.39, 0.29) is 24.5 Å². The van der Waals surface area contributed by atoms with Crippen molar-refractivity contribution in [3.05, 3.63) is 76.8 Å². The lowest BCUT2D eigenvalue weighted by molar-refractivity contribution is -0.143. The van der Waals surface area contributed by atoms with Crippen LogP contribution in [0.15, 0.2) is 60.0 Å². The largest absolute Gasteiger partial charge is 0.458 e. The zero-order valence-corrected chi connectivity index (χ0v) is 17.6. The van der Waals surface area contributed by atoms with Crippen molar-refractivity contribution < 1.29 is 14.3 Å². The second kappa shape index (κ2) is 9.01. The van der Waals surface area contributed by atoms with Crippen LogP contribution in [0.4, 0.5) is 0 Å². The van der Waals surface area contributed by atoms with Gasteiger partial charge in [-0.25, -0.2) is 4.98 Å². The average Bonchev–Trinajstić information content (AvgIpc) is 3.20. The predicted molar refractivity (Wildman–Crippen MR) is 115 cm³/mol. The molecule has 0 unspecified atom stereocenters. The van der Waals surface area contributed by atoms with E-state index in [1.54, 1.807) is 12.1 Å². The van der Waals surface area contributed by atoms with E-state index >= 15 is 0 Å². The number of carbonyl (C=O) groups is 2. The molecule has 5 nitrogen and oxygen atoms in total. The number of carbonyl (C=O) groups excluding carboxylic acids is 2. The van der Waals surface area contributed by atoms with Crippen LogP contribution in [-0.2, 0) is 21.6 Å². The average molecular weight is 409 g/mol. The Morgan fingerprint density at radius 1 is 1.03 bits per heavy atom. The molecule has 0 bridgehead atoms. The summed E-state index contributed by atoms with van der Waals surface area (Å²) in [5, 5.41) is 5.34. The topological polar surface area (TPSA) is 68.3 Å². The van der Waals surface area contributed by atoms with Gasteiger partial charge in [-0.2, -0.15) is 0 Å². The molecule has 29 heavy (non-hydrogen) atoms. The van der Waals surface area contributed by atoms with Gasteiger partial charge in [0.25, 0.3) is 5.91 Å². The summed E-state index contributed by atoms with van der Waals surface area (Å²) < 4.78 is 5.22. The number of esters is 1. The first-order valence-corrected chi connectivity index (χ1v) is 10.2. The fourth-order valence-electron chi connectivity index (χ4n) is 2.67. The summed E-state index contributed by atoms with van der Waals surface area (Å²) in [6, 6.07) is 17.2. The van der Waals surface area contributed by atoms with Crippen LogP contribution in [0.1, 0.15) is 42.4 Å². The van der Waals surface area contributed by atoms with E-state index in [2.05, 4.69) is 31.1 Å². The molecule has 1 aromatic heterocycles. The first-order chi connectivity index (χ1) is 13.8. The second-order valence-corrected chi connectivity index (χ2v) is 8.54. The van der Waals surface area contributed by atoms with E-state index in [0.29, 0.717) is 11.3 Å². The Morgan fingerprint density at radius 2 is 1.72 bits per heavy atom. The lowest BCUT2D eigenvalue weighted by Crippen LogP contribution is -2.30. The number of hydrogen-bond donors (Lipinski definition) is 1. The normalized spacial score (nSPS) is 11.1. The van der Waals surface area contributed by atoms with Crippen molar-refractivity contribution in [3.63, 3.8) is 0 Å². The van der Waals surface area contributed by atoms with Crippen LogP contribution in [-0.4, -0.2) is 23.4 Å². The highest BCUT2D eigenvalue weighted by molar-refractivity contribution is 7.13. The molecule has 0 spiro atoms. The summed E-state index contributed by atoms with van der Waals surface area (Å²) in [7, 11) is 0. The second-order valence-electron chi connectivity index (χ2n) is 7.68. The van der Waals surface area contributed by atoms with E-state index in [1.165, 1.54) is 11.3 Å². The Kier molecular flexibility index (Phi) is 6.44. The maximum atomic E-state index is 12.2. The van der Waals surface area contributed by atoms with E-state index in [1.807, 2.05) is 47.8 Å². The summed E-state index contributed by atoms with van der Waals surface area (Å²) >= 11 is 1.50. The molecule has 0 fully saturated rings. The number of nitrogens with one attached hydrogen (secondary N) is 1. The molecule has 3 aromatic rings. The minimum Gasteiger partial charge on any atom is -0.458 e. The standard InChI is InChI=1S/C23H24N2O3S/c1-23(2,3)18-11-9-16(10-12-18)21(27)24-13-20(26)28-14-19-15-29-22(25-19)17-7-5-4-6-8-17/h4-12,15H,13-14H2,1-3H3,(H,24,27). The van der Waals surface area contributed by atoms with Crippen LogP contribution >= 0.6 is 11.3 Å². The smallest absolute Gasteiger partial charge is 0.325 e. The first kappa shape index (κ1) is 20.7. The fourth-order valence-corrected chi connectivity index (χ4v) is 3.48. The van der Waals surface area contributed by atoms with Gasteiger partial charge in [0.15, 0.2) is 0 Å². The molecule has 1 amide bonds. The van der Waals surface area contributed by atoms with Crippen molar-refractivity contribution in [1.82, 2.24) is 10.3 Å². The molecule has 3 rings (SSSR count). The number of benzene rings is 2. The molecule has 150 valence electrons. The third kappa shape index (κ3) is 5.74. The van der Waals surface area contributed by atoms with E-state index in [9.17, 15) is 9.59 Å². The van der Waals surface area contributed by atoms with Crippen LogP contribution in [0.2, 0.25) is 0 Å². The Bertz CT molecular complexity index is 973. The molecule has 0 saturated carbocycles. The predicted octanol–water partition coefficient (Wildman–Crippen LogP) is 4.58. The molecular weight excluding hydrogens is 384 g/mol. The van der Waals surface area contributed by atoms with Gasteiger partial charge in [0, 0.05) is 16.5 Å². The highest BCUT2D eigenvalue weighted by atomic mass is 32.1. The van der Waals surface area contributed by atoms with Crippen LogP contribution in [0.5, 0.6) is 0 Å². The van der Waals surface area contributed by atoms with E-state index in [0.717, 1.165) is 16.1 Å².